The van der Waals surface area contributed by atoms with Crippen LogP contribution in [0.25, 0.3) is 0 Å². The van der Waals surface area contributed by atoms with Crippen LogP contribution in [0.3, 0.4) is 0 Å². The summed E-state index contributed by atoms with van der Waals surface area (Å²) < 4.78 is 25.5. The minimum atomic E-state index is -3.52. The van der Waals surface area contributed by atoms with Crippen LogP contribution < -0.4 is 10.6 Å². The fraction of sp³-hybridized carbons (Fsp3) is 0.462. The van der Waals surface area contributed by atoms with Gasteiger partial charge in [-0.1, -0.05) is 16.9 Å². The topological polar surface area (TPSA) is 174 Å². The Morgan fingerprint density at radius 1 is 1.17 bits per heavy atom. The number of nitrogens with one attached hydrogen (secondary N) is 2. The van der Waals surface area contributed by atoms with Gasteiger partial charge in [-0.05, 0) is 58.6 Å². The van der Waals surface area contributed by atoms with Gasteiger partial charge in [0.05, 0.1) is 16.8 Å². The molecule has 41 heavy (non-hydrogen) atoms. The van der Waals surface area contributed by atoms with E-state index in [1.54, 1.807) is 6.92 Å². The van der Waals surface area contributed by atoms with Crippen molar-refractivity contribution in [2.75, 3.05) is 36.3 Å². The molecule has 0 radical (unpaired) electrons. The molecule has 1 aliphatic heterocycles. The van der Waals surface area contributed by atoms with E-state index in [-0.39, 0.29) is 27.4 Å². The summed E-state index contributed by atoms with van der Waals surface area (Å²) in [7, 11) is -2.00. The van der Waals surface area contributed by atoms with E-state index < -0.39 is 15.6 Å². The van der Waals surface area contributed by atoms with Crippen molar-refractivity contribution in [2.24, 2.45) is 12.2 Å². The number of rotatable bonds is 8. The standard InChI is InChI=1S/C16H17N3O5S.C10H19N5S/c1-9-10(15(20)11-8-17-19(2)16(11)21)4-5-13(25(3,22)23)14(9)12-6-7-24-18-12;1-6-11-7-12-8(15-10(2,3)4)14-9(13-7)16-5/h4-5,8,21H,6-7H2,1-3H3;6H2,1-5H3,(H2,11,12,13,14,15). The van der Waals surface area contributed by atoms with Crippen LogP contribution in [0.2, 0.25) is 0 Å². The Bertz CT molecular complexity index is 1560. The average Bonchev–Trinajstić information content (AvgIpc) is 3.52. The zero-order chi connectivity index (χ0) is 30.5. The number of carbonyl (C=O) groups excluding carboxylic acids is 1. The average molecular weight is 605 g/mol. The van der Waals surface area contributed by atoms with Crippen molar-refractivity contribution in [3.63, 3.8) is 0 Å². The van der Waals surface area contributed by atoms with Crippen molar-refractivity contribution in [3.8, 4) is 5.88 Å². The number of aryl methyl sites for hydroxylation is 1. The minimum absolute atomic E-state index is 0.0493. The van der Waals surface area contributed by atoms with Gasteiger partial charge in [-0.15, -0.1) is 0 Å². The number of anilines is 2. The van der Waals surface area contributed by atoms with Gasteiger partial charge in [-0.25, -0.2) is 13.1 Å². The molecule has 2 aromatic heterocycles. The molecule has 3 N–H and O–H groups in total. The van der Waals surface area contributed by atoms with Gasteiger partial charge < -0.3 is 20.6 Å². The first-order chi connectivity index (χ1) is 19.2. The van der Waals surface area contributed by atoms with E-state index in [0.29, 0.717) is 41.8 Å². The monoisotopic (exact) mass is 604 g/mol. The Hall–Kier alpha value is -3.72. The highest BCUT2D eigenvalue weighted by Crippen LogP contribution is 2.29. The molecule has 0 amide bonds. The summed E-state index contributed by atoms with van der Waals surface area (Å²) in [5, 5.41) is 24.8. The van der Waals surface area contributed by atoms with Gasteiger partial charge >= 0.3 is 0 Å². The Morgan fingerprint density at radius 2 is 1.85 bits per heavy atom. The lowest BCUT2D eigenvalue weighted by Gasteiger charge is -2.20. The van der Waals surface area contributed by atoms with Gasteiger partial charge in [-0.2, -0.15) is 20.1 Å². The predicted molar refractivity (Wildman–Crippen MR) is 159 cm³/mol. The number of carbonyl (C=O) groups is 1. The lowest BCUT2D eigenvalue weighted by Crippen LogP contribution is -2.27. The van der Waals surface area contributed by atoms with Gasteiger partial charge in [0.1, 0.15) is 12.2 Å². The SMILES string of the molecule is CCNc1nc(NC(C)(C)C)nc(SC)n1.Cc1c(C(=O)c2cnn(C)c2O)ccc(S(C)(=O)=O)c1C1=NOCC1. The van der Waals surface area contributed by atoms with Crippen LogP contribution in [0.5, 0.6) is 5.88 Å². The highest BCUT2D eigenvalue weighted by atomic mass is 32.2. The zero-order valence-electron chi connectivity index (χ0n) is 24.4. The molecule has 1 aromatic carbocycles. The summed E-state index contributed by atoms with van der Waals surface area (Å²) >= 11 is 1.51. The third-order valence-electron chi connectivity index (χ3n) is 5.74. The van der Waals surface area contributed by atoms with E-state index in [4.69, 9.17) is 4.84 Å². The molecule has 4 rings (SSSR count). The second-order valence-corrected chi connectivity index (χ2v) is 13.0. The molecule has 0 saturated heterocycles. The fourth-order valence-electron chi connectivity index (χ4n) is 3.90. The molecule has 1 aliphatic rings. The lowest BCUT2D eigenvalue weighted by atomic mass is 9.93. The number of thioether (sulfide) groups is 1. The molecule has 13 nitrogen and oxygen atoms in total. The highest BCUT2D eigenvalue weighted by molar-refractivity contribution is 7.98. The quantitative estimate of drug-likeness (QED) is 0.253. The molecule has 0 fully saturated rings. The maximum atomic E-state index is 12.8. The third kappa shape index (κ3) is 7.94. The van der Waals surface area contributed by atoms with E-state index in [2.05, 4.69) is 56.6 Å². The van der Waals surface area contributed by atoms with Crippen LogP contribution in [0.4, 0.5) is 11.9 Å². The minimum Gasteiger partial charge on any atom is -0.493 e. The van der Waals surface area contributed by atoms with Crippen molar-refractivity contribution in [1.82, 2.24) is 24.7 Å². The largest absolute Gasteiger partial charge is 0.493 e. The number of nitrogens with zero attached hydrogens (tertiary/aromatic N) is 6. The van der Waals surface area contributed by atoms with Crippen LogP contribution in [-0.2, 0) is 21.7 Å². The fourth-order valence-corrected chi connectivity index (χ4v) is 5.21. The first-order valence-electron chi connectivity index (χ1n) is 12.8. The predicted octanol–water partition coefficient (Wildman–Crippen LogP) is 3.43. The molecular weight excluding hydrogens is 568 g/mol. The number of ketones is 1. The van der Waals surface area contributed by atoms with Crippen molar-refractivity contribution < 1.29 is 23.2 Å². The van der Waals surface area contributed by atoms with Gasteiger partial charge in [0.2, 0.25) is 17.8 Å². The van der Waals surface area contributed by atoms with Gasteiger partial charge in [0, 0.05) is 42.9 Å². The van der Waals surface area contributed by atoms with Crippen LogP contribution >= 0.6 is 11.8 Å². The van der Waals surface area contributed by atoms with Crippen LogP contribution in [-0.4, -0.2) is 81.0 Å². The molecule has 0 bridgehead atoms. The number of hydrogen-bond acceptors (Lipinski definition) is 13. The van der Waals surface area contributed by atoms with E-state index in [9.17, 15) is 18.3 Å². The number of aromatic nitrogens is 5. The van der Waals surface area contributed by atoms with Crippen LogP contribution in [0.15, 0.2) is 33.5 Å². The maximum Gasteiger partial charge on any atom is 0.228 e. The van der Waals surface area contributed by atoms with E-state index in [1.807, 2.05) is 13.2 Å². The van der Waals surface area contributed by atoms with Gasteiger partial charge in [-0.3, -0.25) is 4.79 Å². The Balaban J connectivity index is 0.000000250. The highest BCUT2D eigenvalue weighted by Gasteiger charge is 2.27. The number of aromatic hydroxyl groups is 1. The van der Waals surface area contributed by atoms with Crippen molar-refractivity contribution in [1.29, 1.82) is 0 Å². The second kappa shape index (κ2) is 12.9. The van der Waals surface area contributed by atoms with Crippen molar-refractivity contribution in [3.05, 3.63) is 40.6 Å². The first kappa shape index (κ1) is 31.8. The Labute approximate surface area is 244 Å². The molecule has 0 saturated carbocycles. The summed E-state index contributed by atoms with van der Waals surface area (Å²) in [6.07, 6.45) is 4.79. The Morgan fingerprint density at radius 3 is 2.37 bits per heavy atom. The molecule has 0 unspecified atom stereocenters. The third-order valence-corrected chi connectivity index (χ3v) is 7.42. The van der Waals surface area contributed by atoms with Crippen LogP contribution in [0, 0.1) is 6.92 Å². The van der Waals surface area contributed by atoms with Crippen molar-refractivity contribution in [2.45, 2.75) is 56.6 Å². The molecule has 222 valence electrons. The van der Waals surface area contributed by atoms with Gasteiger partial charge in [0.15, 0.2) is 20.8 Å². The molecule has 3 aromatic rings. The van der Waals surface area contributed by atoms with Crippen LogP contribution in [0.1, 0.15) is 61.2 Å². The zero-order valence-corrected chi connectivity index (χ0v) is 26.1. The first-order valence-corrected chi connectivity index (χ1v) is 15.9. The molecule has 0 aliphatic carbocycles. The molecule has 0 spiro atoms. The molecule has 0 atom stereocenters. The molecule has 3 heterocycles. The number of benzene rings is 1. The van der Waals surface area contributed by atoms with E-state index in [0.717, 1.165) is 18.0 Å². The van der Waals surface area contributed by atoms with Crippen molar-refractivity contribution >= 4 is 45.0 Å². The molecular formula is C26H36N8O5S2. The number of sulfone groups is 1. The normalized spacial score (nSPS) is 13.1. The number of hydrogen-bond donors (Lipinski definition) is 3. The van der Waals surface area contributed by atoms with E-state index >= 15 is 0 Å². The lowest BCUT2D eigenvalue weighted by molar-refractivity contribution is 0.103. The summed E-state index contributed by atoms with van der Waals surface area (Å²) in [5.41, 5.74) is 1.62. The smallest absolute Gasteiger partial charge is 0.228 e. The maximum absolute atomic E-state index is 12.8. The summed E-state index contributed by atoms with van der Waals surface area (Å²) in [5.74, 6) is 0.542. The van der Waals surface area contributed by atoms with E-state index in [1.165, 1.54) is 41.8 Å². The Kier molecular flexibility index (Phi) is 9.97. The molecule has 15 heteroatoms. The van der Waals surface area contributed by atoms with Gasteiger partial charge in [0.25, 0.3) is 0 Å². The second-order valence-electron chi connectivity index (χ2n) is 10.2. The summed E-state index contributed by atoms with van der Waals surface area (Å²) in [6.45, 7) is 11.0. The summed E-state index contributed by atoms with van der Waals surface area (Å²) in [4.78, 5) is 30.8. The summed E-state index contributed by atoms with van der Waals surface area (Å²) in [6, 6.07) is 2.83. The number of oxime groups is 1.